The Morgan fingerprint density at radius 2 is 1.50 bits per heavy atom. The Kier molecular flexibility index (Phi) is 5.85. The molecule has 2 nitrogen and oxygen atoms in total. The number of hydrogen-bond acceptors (Lipinski definition) is 2. The number of halogens is 1. The standard InChI is InChI=1S/C12H12.C3H3NO.HI/c1-9-7-11-5-3-4-6-12(11)8-10(9)2;1-2-5-3-4-1;/h3-8H,1-2H3;1-3H;1H. The van der Waals surface area contributed by atoms with Crippen LogP contribution in [0.15, 0.2) is 59.7 Å². The van der Waals surface area contributed by atoms with Crippen LogP contribution >= 0.6 is 24.0 Å². The molecule has 2 aromatic carbocycles. The van der Waals surface area contributed by atoms with Gasteiger partial charge in [-0.05, 0) is 35.7 Å². The highest BCUT2D eigenvalue weighted by Crippen LogP contribution is 2.18. The molecule has 0 N–H and O–H groups in total. The van der Waals surface area contributed by atoms with Crippen molar-refractivity contribution in [1.29, 1.82) is 0 Å². The summed E-state index contributed by atoms with van der Waals surface area (Å²) in [7, 11) is 0. The van der Waals surface area contributed by atoms with Crippen molar-refractivity contribution in [2.24, 2.45) is 0 Å². The lowest BCUT2D eigenvalue weighted by atomic mass is 10.0. The summed E-state index contributed by atoms with van der Waals surface area (Å²) >= 11 is 0. The summed E-state index contributed by atoms with van der Waals surface area (Å²) in [4.78, 5) is 3.56. The molecule has 3 aromatic rings. The van der Waals surface area contributed by atoms with Crippen LogP contribution in [0.3, 0.4) is 0 Å². The SMILES string of the molecule is Cc1cc2ccccc2cc1C.I.c1cocn1. The van der Waals surface area contributed by atoms with Gasteiger partial charge in [0.1, 0.15) is 6.26 Å². The predicted octanol–water partition coefficient (Wildman–Crippen LogP) is 4.75. The van der Waals surface area contributed by atoms with Gasteiger partial charge in [0.05, 0.1) is 6.20 Å². The summed E-state index contributed by atoms with van der Waals surface area (Å²) in [5, 5.41) is 2.67. The van der Waals surface area contributed by atoms with Crippen LogP contribution in [0.5, 0.6) is 0 Å². The van der Waals surface area contributed by atoms with Gasteiger partial charge >= 0.3 is 0 Å². The normalized spacial score (nSPS) is 9.22. The number of hydrogen-bond donors (Lipinski definition) is 0. The monoisotopic (exact) mass is 353 g/mol. The van der Waals surface area contributed by atoms with Gasteiger partial charge in [0, 0.05) is 0 Å². The number of oxazole rings is 1. The Hall–Kier alpha value is -1.36. The Morgan fingerprint density at radius 1 is 0.944 bits per heavy atom. The van der Waals surface area contributed by atoms with Gasteiger partial charge in [-0.2, -0.15) is 0 Å². The van der Waals surface area contributed by atoms with E-state index in [0.717, 1.165) is 0 Å². The number of aromatic nitrogens is 1. The van der Waals surface area contributed by atoms with Crippen LogP contribution in [-0.2, 0) is 0 Å². The van der Waals surface area contributed by atoms with E-state index in [-0.39, 0.29) is 24.0 Å². The molecule has 0 saturated heterocycles. The molecule has 94 valence electrons. The highest BCUT2D eigenvalue weighted by molar-refractivity contribution is 14.0. The maximum atomic E-state index is 4.47. The third kappa shape index (κ3) is 3.84. The Bertz CT molecular complexity index is 533. The highest BCUT2D eigenvalue weighted by Gasteiger charge is 1.95. The zero-order valence-corrected chi connectivity index (χ0v) is 12.8. The number of rotatable bonds is 0. The second-order valence-corrected chi connectivity index (χ2v) is 3.96. The number of nitrogens with zero attached hydrogens (tertiary/aromatic N) is 1. The van der Waals surface area contributed by atoms with Crippen molar-refractivity contribution in [3.8, 4) is 0 Å². The van der Waals surface area contributed by atoms with E-state index in [2.05, 4.69) is 59.6 Å². The molecule has 0 amide bonds. The Labute approximate surface area is 124 Å². The summed E-state index contributed by atoms with van der Waals surface area (Å²) in [6, 6.07) is 13.0. The van der Waals surface area contributed by atoms with E-state index < -0.39 is 0 Å². The maximum absolute atomic E-state index is 4.47. The minimum absolute atomic E-state index is 0. The molecule has 1 aromatic heterocycles. The summed E-state index contributed by atoms with van der Waals surface area (Å²) in [6.45, 7) is 4.31. The van der Waals surface area contributed by atoms with Gasteiger partial charge in [0.15, 0.2) is 6.39 Å². The van der Waals surface area contributed by atoms with Crippen molar-refractivity contribution in [1.82, 2.24) is 4.98 Å². The van der Waals surface area contributed by atoms with E-state index in [4.69, 9.17) is 0 Å². The lowest BCUT2D eigenvalue weighted by molar-refractivity contribution is 0.558. The van der Waals surface area contributed by atoms with Crippen LogP contribution in [0.1, 0.15) is 11.1 Å². The zero-order chi connectivity index (χ0) is 12.1. The first kappa shape index (κ1) is 14.7. The molecule has 0 radical (unpaired) electrons. The van der Waals surface area contributed by atoms with Gasteiger partial charge < -0.3 is 4.42 Å². The predicted molar refractivity (Wildman–Crippen MR) is 85.3 cm³/mol. The van der Waals surface area contributed by atoms with E-state index >= 15 is 0 Å². The Balaban J connectivity index is 0.000000230. The molecule has 1 heterocycles. The minimum Gasteiger partial charge on any atom is -0.452 e. The summed E-state index contributed by atoms with van der Waals surface area (Å²) in [6.07, 6.45) is 4.47. The Morgan fingerprint density at radius 3 is 1.83 bits per heavy atom. The van der Waals surface area contributed by atoms with Gasteiger partial charge in [-0.15, -0.1) is 24.0 Å². The zero-order valence-electron chi connectivity index (χ0n) is 10.5. The third-order valence-electron chi connectivity index (χ3n) is 2.71. The molecule has 0 saturated carbocycles. The van der Waals surface area contributed by atoms with E-state index in [0.29, 0.717) is 0 Å². The van der Waals surface area contributed by atoms with Crippen molar-refractivity contribution in [2.45, 2.75) is 13.8 Å². The van der Waals surface area contributed by atoms with Gasteiger partial charge in [-0.25, -0.2) is 4.98 Å². The van der Waals surface area contributed by atoms with Crippen LogP contribution in [0, 0.1) is 13.8 Å². The minimum atomic E-state index is 0. The number of aryl methyl sites for hydroxylation is 2. The molecule has 0 atom stereocenters. The molecular weight excluding hydrogens is 337 g/mol. The fourth-order valence-electron chi connectivity index (χ4n) is 1.64. The lowest BCUT2D eigenvalue weighted by Crippen LogP contribution is -1.80. The van der Waals surface area contributed by atoms with Crippen molar-refractivity contribution in [2.75, 3.05) is 0 Å². The molecule has 18 heavy (non-hydrogen) atoms. The molecule has 0 spiro atoms. The smallest absolute Gasteiger partial charge is 0.180 e. The highest BCUT2D eigenvalue weighted by atomic mass is 127. The molecule has 0 fully saturated rings. The first-order valence-electron chi connectivity index (χ1n) is 5.55. The van der Waals surface area contributed by atoms with Crippen LogP contribution in [0.2, 0.25) is 0 Å². The third-order valence-corrected chi connectivity index (χ3v) is 2.71. The van der Waals surface area contributed by atoms with Crippen LogP contribution in [-0.4, -0.2) is 4.98 Å². The molecule has 0 unspecified atom stereocenters. The van der Waals surface area contributed by atoms with Crippen LogP contribution < -0.4 is 0 Å². The van der Waals surface area contributed by atoms with Crippen LogP contribution in [0.4, 0.5) is 0 Å². The van der Waals surface area contributed by atoms with Crippen molar-refractivity contribution < 1.29 is 4.42 Å². The average molecular weight is 353 g/mol. The van der Waals surface area contributed by atoms with E-state index in [1.54, 1.807) is 6.20 Å². The summed E-state index contributed by atoms with van der Waals surface area (Å²) < 4.78 is 4.47. The van der Waals surface area contributed by atoms with Crippen LogP contribution in [0.25, 0.3) is 10.8 Å². The van der Waals surface area contributed by atoms with Gasteiger partial charge in [0.25, 0.3) is 0 Å². The molecule has 3 heteroatoms. The van der Waals surface area contributed by atoms with Gasteiger partial charge in [-0.3, -0.25) is 0 Å². The van der Waals surface area contributed by atoms with Gasteiger partial charge in [0.2, 0.25) is 0 Å². The molecule has 0 aliphatic carbocycles. The second kappa shape index (κ2) is 7.16. The largest absolute Gasteiger partial charge is 0.452 e. The maximum Gasteiger partial charge on any atom is 0.180 e. The first-order chi connectivity index (χ1) is 8.27. The molecule has 0 aliphatic heterocycles. The van der Waals surface area contributed by atoms with Gasteiger partial charge in [-0.1, -0.05) is 36.4 Å². The molecule has 0 aliphatic rings. The molecule has 3 rings (SSSR count). The van der Waals surface area contributed by atoms with Crippen molar-refractivity contribution in [3.63, 3.8) is 0 Å². The van der Waals surface area contributed by atoms with Crippen molar-refractivity contribution in [3.05, 3.63) is 66.4 Å². The molecule has 0 bridgehead atoms. The summed E-state index contributed by atoms with van der Waals surface area (Å²) in [5.41, 5.74) is 2.74. The van der Waals surface area contributed by atoms with E-state index in [1.807, 2.05) is 0 Å². The average Bonchev–Trinajstić information content (AvgIpc) is 2.89. The first-order valence-corrected chi connectivity index (χ1v) is 5.55. The topological polar surface area (TPSA) is 26.0 Å². The van der Waals surface area contributed by atoms with E-state index in [1.165, 1.54) is 34.6 Å². The number of fused-ring (bicyclic) bond motifs is 1. The fourth-order valence-corrected chi connectivity index (χ4v) is 1.64. The molecular formula is C15H16INO. The summed E-state index contributed by atoms with van der Waals surface area (Å²) in [5.74, 6) is 0. The number of benzene rings is 2. The van der Waals surface area contributed by atoms with Crippen molar-refractivity contribution >= 4 is 34.7 Å². The second-order valence-electron chi connectivity index (χ2n) is 3.96. The quantitative estimate of drug-likeness (QED) is 0.545. The fraction of sp³-hybridized carbons (Fsp3) is 0.133. The lowest BCUT2D eigenvalue weighted by Gasteiger charge is -2.02. The van der Waals surface area contributed by atoms with E-state index in [9.17, 15) is 0 Å².